The highest BCUT2D eigenvalue weighted by Crippen LogP contribution is 2.33. The van der Waals surface area contributed by atoms with Crippen LogP contribution >= 0.6 is 11.6 Å². The molecule has 0 aromatic heterocycles. The van der Waals surface area contributed by atoms with Crippen LogP contribution in [0, 0.1) is 0 Å². The summed E-state index contributed by atoms with van der Waals surface area (Å²) in [5, 5.41) is 0. The maximum atomic E-state index is 11.2. The van der Waals surface area contributed by atoms with Gasteiger partial charge in [0.15, 0.2) is 5.78 Å². The van der Waals surface area contributed by atoms with Crippen LogP contribution in [0.4, 0.5) is 0 Å². The Hall–Kier alpha value is -0.0400. The smallest absolute Gasteiger partial charge is 0.153 e. The van der Waals surface area contributed by atoms with E-state index in [1.807, 2.05) is 6.92 Å². The average molecular weight is 161 g/mol. The molecule has 1 unspecified atom stereocenters. The number of carbonyl (C=O) groups is 1. The fraction of sp³-hybridized carbons (Fsp3) is 0.875. The van der Waals surface area contributed by atoms with Gasteiger partial charge >= 0.3 is 0 Å². The Balaban J connectivity index is 2.63. The van der Waals surface area contributed by atoms with Crippen LogP contribution in [0.25, 0.3) is 0 Å². The van der Waals surface area contributed by atoms with E-state index in [4.69, 9.17) is 11.6 Å². The van der Waals surface area contributed by atoms with Crippen LogP contribution in [0.2, 0.25) is 0 Å². The third kappa shape index (κ3) is 1.34. The van der Waals surface area contributed by atoms with Crippen molar-refractivity contribution in [3.63, 3.8) is 0 Å². The van der Waals surface area contributed by atoms with Gasteiger partial charge in [-0.05, 0) is 19.3 Å². The minimum Gasteiger partial charge on any atom is -0.298 e. The van der Waals surface area contributed by atoms with E-state index in [1.54, 1.807) is 0 Å². The lowest BCUT2D eigenvalue weighted by molar-refractivity contribution is -0.123. The highest BCUT2D eigenvalue weighted by Gasteiger charge is 2.35. The first-order valence-corrected chi connectivity index (χ1v) is 4.29. The molecule has 0 aromatic rings. The normalized spacial score (nSPS) is 34.4. The molecule has 0 saturated heterocycles. The summed E-state index contributed by atoms with van der Waals surface area (Å²) in [4.78, 5) is 10.7. The first-order chi connectivity index (χ1) is 4.69. The predicted octanol–water partition coefficient (Wildman–Crippen LogP) is 2.52. The molecule has 0 spiro atoms. The van der Waals surface area contributed by atoms with Crippen molar-refractivity contribution in [2.24, 2.45) is 0 Å². The van der Waals surface area contributed by atoms with Gasteiger partial charge in [0.1, 0.15) is 4.87 Å². The molecule has 58 valence electrons. The molecule has 0 heterocycles. The van der Waals surface area contributed by atoms with Gasteiger partial charge < -0.3 is 0 Å². The van der Waals surface area contributed by atoms with Crippen molar-refractivity contribution in [3.05, 3.63) is 0 Å². The second-order valence-corrected chi connectivity index (χ2v) is 3.67. The van der Waals surface area contributed by atoms with Gasteiger partial charge in [-0.2, -0.15) is 0 Å². The summed E-state index contributed by atoms with van der Waals surface area (Å²) in [5.74, 6) is 0.253. The molecule has 0 aliphatic heterocycles. The molecule has 10 heavy (non-hydrogen) atoms. The Bertz CT molecular complexity index is 144. The van der Waals surface area contributed by atoms with E-state index >= 15 is 0 Å². The lowest BCUT2D eigenvalue weighted by Gasteiger charge is -2.27. The highest BCUT2D eigenvalue weighted by atomic mass is 35.5. The molecule has 1 aliphatic carbocycles. The van der Waals surface area contributed by atoms with Crippen LogP contribution in [0.1, 0.15) is 39.0 Å². The van der Waals surface area contributed by atoms with Crippen LogP contribution in [0.3, 0.4) is 0 Å². The zero-order valence-electron chi connectivity index (χ0n) is 6.32. The summed E-state index contributed by atoms with van der Waals surface area (Å²) in [6.45, 7) is 1.98. The third-order valence-corrected chi connectivity index (χ3v) is 2.95. The van der Waals surface area contributed by atoms with Crippen molar-refractivity contribution in [3.8, 4) is 0 Å². The zero-order chi connectivity index (χ0) is 7.61. The summed E-state index contributed by atoms with van der Waals surface area (Å²) >= 11 is 6.06. The quantitative estimate of drug-likeness (QED) is 0.539. The number of halogens is 1. The number of carbonyl (C=O) groups excluding carboxylic acids is 1. The predicted molar refractivity (Wildman–Crippen MR) is 42.4 cm³/mol. The number of Topliss-reactive ketones (excluding diaryl/α,β-unsaturated/α-hetero) is 1. The maximum absolute atomic E-state index is 11.2. The van der Waals surface area contributed by atoms with E-state index in [-0.39, 0.29) is 5.78 Å². The molecular weight excluding hydrogens is 148 g/mol. The number of rotatable bonds is 1. The van der Waals surface area contributed by atoms with Crippen molar-refractivity contribution in [1.82, 2.24) is 0 Å². The van der Waals surface area contributed by atoms with Gasteiger partial charge in [-0.1, -0.05) is 13.3 Å². The molecule has 0 N–H and O–H groups in total. The summed E-state index contributed by atoms with van der Waals surface area (Å²) in [6.07, 6.45) is 4.50. The first-order valence-electron chi connectivity index (χ1n) is 3.91. The van der Waals surface area contributed by atoms with E-state index in [9.17, 15) is 4.79 Å². The number of alkyl halides is 1. The molecule has 1 aliphatic rings. The van der Waals surface area contributed by atoms with Crippen molar-refractivity contribution < 1.29 is 4.79 Å². The van der Waals surface area contributed by atoms with Crippen molar-refractivity contribution >= 4 is 17.4 Å². The molecule has 1 rings (SSSR count). The minimum absolute atomic E-state index is 0.253. The van der Waals surface area contributed by atoms with Gasteiger partial charge in [-0.3, -0.25) is 4.79 Å². The number of hydrogen-bond donors (Lipinski definition) is 0. The number of ketones is 1. The van der Waals surface area contributed by atoms with E-state index in [1.165, 1.54) is 0 Å². The molecule has 1 fully saturated rings. The summed E-state index contributed by atoms with van der Waals surface area (Å²) in [7, 11) is 0. The first kappa shape index (κ1) is 8.06. The third-order valence-electron chi connectivity index (χ3n) is 2.29. The van der Waals surface area contributed by atoms with Gasteiger partial charge in [0, 0.05) is 6.42 Å². The Kier molecular flexibility index (Phi) is 2.35. The molecule has 2 heteroatoms. The monoisotopic (exact) mass is 160 g/mol. The van der Waals surface area contributed by atoms with Gasteiger partial charge in [0.25, 0.3) is 0 Å². The zero-order valence-corrected chi connectivity index (χ0v) is 7.08. The van der Waals surface area contributed by atoms with Gasteiger partial charge in [0.05, 0.1) is 0 Å². The van der Waals surface area contributed by atoms with Crippen LogP contribution in [0.5, 0.6) is 0 Å². The maximum Gasteiger partial charge on any atom is 0.153 e. The molecule has 1 atom stereocenters. The Labute approximate surface area is 66.8 Å². The largest absolute Gasteiger partial charge is 0.298 e. The molecular formula is C8H13ClO. The topological polar surface area (TPSA) is 17.1 Å². The van der Waals surface area contributed by atoms with Crippen LogP contribution in [0.15, 0.2) is 0 Å². The molecule has 0 aromatic carbocycles. The summed E-state index contributed by atoms with van der Waals surface area (Å²) < 4.78 is 0. The minimum atomic E-state index is -0.488. The molecule has 1 saturated carbocycles. The number of hydrogen-bond acceptors (Lipinski definition) is 1. The molecule has 0 amide bonds. The van der Waals surface area contributed by atoms with Crippen LogP contribution < -0.4 is 0 Å². The highest BCUT2D eigenvalue weighted by molar-refractivity contribution is 6.35. The lowest BCUT2D eigenvalue weighted by Crippen LogP contribution is -2.34. The van der Waals surface area contributed by atoms with Gasteiger partial charge in [-0.15, -0.1) is 11.6 Å². The average Bonchev–Trinajstić information content (AvgIpc) is 1.96. The fourth-order valence-electron chi connectivity index (χ4n) is 1.43. The Morgan fingerprint density at radius 2 is 2.30 bits per heavy atom. The van der Waals surface area contributed by atoms with Crippen LogP contribution in [-0.4, -0.2) is 10.7 Å². The molecule has 1 nitrogen and oxygen atoms in total. The second kappa shape index (κ2) is 2.91. The van der Waals surface area contributed by atoms with Gasteiger partial charge in [0.2, 0.25) is 0 Å². The fourth-order valence-corrected chi connectivity index (χ4v) is 1.66. The standard InChI is InChI=1S/C8H13ClO/c1-2-8(9)6-4-3-5-7(8)10/h2-6H2,1H3. The van der Waals surface area contributed by atoms with Crippen LogP contribution in [-0.2, 0) is 4.79 Å². The SMILES string of the molecule is CCC1(Cl)CCCCC1=O. The van der Waals surface area contributed by atoms with E-state index < -0.39 is 4.87 Å². The van der Waals surface area contributed by atoms with E-state index in [0.29, 0.717) is 6.42 Å². The summed E-state index contributed by atoms with van der Waals surface area (Å²) in [5.41, 5.74) is 0. The lowest BCUT2D eigenvalue weighted by atomic mass is 9.85. The summed E-state index contributed by atoms with van der Waals surface area (Å²) in [6, 6.07) is 0. The van der Waals surface area contributed by atoms with E-state index in [2.05, 4.69) is 0 Å². The van der Waals surface area contributed by atoms with E-state index in [0.717, 1.165) is 25.7 Å². The van der Waals surface area contributed by atoms with Crippen molar-refractivity contribution in [2.75, 3.05) is 0 Å². The van der Waals surface area contributed by atoms with Gasteiger partial charge in [-0.25, -0.2) is 0 Å². The van der Waals surface area contributed by atoms with Crippen molar-refractivity contribution in [2.45, 2.75) is 43.9 Å². The van der Waals surface area contributed by atoms with Crippen molar-refractivity contribution in [1.29, 1.82) is 0 Å². The second-order valence-electron chi connectivity index (χ2n) is 2.95. The molecule has 0 bridgehead atoms. The molecule has 0 radical (unpaired) electrons. The Morgan fingerprint density at radius 1 is 1.60 bits per heavy atom. The Morgan fingerprint density at radius 3 is 2.70 bits per heavy atom.